The zero-order chi connectivity index (χ0) is 13.3. The summed E-state index contributed by atoms with van der Waals surface area (Å²) in [4.78, 5) is 0. The van der Waals surface area contributed by atoms with Crippen LogP contribution in [0.3, 0.4) is 0 Å². The van der Waals surface area contributed by atoms with Crippen LogP contribution in [0.5, 0.6) is 0 Å². The van der Waals surface area contributed by atoms with Crippen molar-refractivity contribution in [3.05, 3.63) is 0 Å². The molecule has 5 heteroatoms. The molecule has 0 saturated carbocycles. The number of hydrogen-bond donors (Lipinski definition) is 2. The first-order valence-electron chi connectivity index (χ1n) is 6.58. The number of rotatable bonds is 10. The standard InChI is InChI=1S/C12H28N2O2S/c1-5-8-13-9-10-17(15,16)14-12(4)7-6-11(2)3/h11-14H,5-10H2,1-4H3. The molecule has 0 aromatic heterocycles. The van der Waals surface area contributed by atoms with Crippen molar-refractivity contribution < 1.29 is 8.42 Å². The van der Waals surface area contributed by atoms with Crippen LogP contribution in [0.15, 0.2) is 0 Å². The van der Waals surface area contributed by atoms with E-state index in [9.17, 15) is 8.42 Å². The second-order valence-electron chi connectivity index (χ2n) is 5.06. The Labute approximate surface area is 107 Å². The van der Waals surface area contributed by atoms with Gasteiger partial charge in [0.25, 0.3) is 0 Å². The molecule has 0 aliphatic rings. The summed E-state index contributed by atoms with van der Waals surface area (Å²) in [5.41, 5.74) is 0. The van der Waals surface area contributed by atoms with Crippen LogP contribution in [0.25, 0.3) is 0 Å². The van der Waals surface area contributed by atoms with Crippen LogP contribution < -0.4 is 10.0 Å². The average molecular weight is 264 g/mol. The lowest BCUT2D eigenvalue weighted by atomic mass is 10.1. The molecule has 4 nitrogen and oxygen atoms in total. The maximum atomic E-state index is 11.7. The predicted molar refractivity (Wildman–Crippen MR) is 73.6 cm³/mol. The minimum atomic E-state index is -3.12. The Balaban J connectivity index is 3.82. The van der Waals surface area contributed by atoms with Gasteiger partial charge >= 0.3 is 0 Å². The first-order chi connectivity index (χ1) is 7.87. The van der Waals surface area contributed by atoms with Crippen molar-refractivity contribution in [3.63, 3.8) is 0 Å². The van der Waals surface area contributed by atoms with Gasteiger partial charge in [-0.3, -0.25) is 0 Å². The molecule has 0 amide bonds. The fourth-order valence-corrected chi connectivity index (χ4v) is 2.78. The van der Waals surface area contributed by atoms with E-state index in [1.807, 2.05) is 6.92 Å². The molecule has 0 saturated heterocycles. The van der Waals surface area contributed by atoms with Crippen molar-refractivity contribution in [2.24, 2.45) is 5.92 Å². The molecule has 17 heavy (non-hydrogen) atoms. The fraction of sp³-hybridized carbons (Fsp3) is 1.00. The minimum Gasteiger partial charge on any atom is -0.316 e. The lowest BCUT2D eigenvalue weighted by molar-refractivity contribution is 0.485. The highest BCUT2D eigenvalue weighted by molar-refractivity contribution is 7.89. The van der Waals surface area contributed by atoms with Crippen molar-refractivity contribution in [2.75, 3.05) is 18.8 Å². The van der Waals surface area contributed by atoms with Gasteiger partial charge in [-0.2, -0.15) is 0 Å². The molecule has 0 spiro atoms. The van der Waals surface area contributed by atoms with E-state index in [0.717, 1.165) is 25.8 Å². The van der Waals surface area contributed by atoms with Crippen molar-refractivity contribution in [2.45, 2.75) is 53.0 Å². The van der Waals surface area contributed by atoms with E-state index in [-0.39, 0.29) is 11.8 Å². The second-order valence-corrected chi connectivity index (χ2v) is 6.93. The summed E-state index contributed by atoms with van der Waals surface area (Å²) in [6, 6.07) is 0.0357. The van der Waals surface area contributed by atoms with E-state index in [4.69, 9.17) is 0 Å². The zero-order valence-electron chi connectivity index (χ0n) is 11.6. The van der Waals surface area contributed by atoms with E-state index < -0.39 is 10.0 Å². The Morgan fingerprint density at radius 1 is 1.06 bits per heavy atom. The summed E-state index contributed by atoms with van der Waals surface area (Å²) in [6.07, 6.45) is 2.98. The molecule has 0 aliphatic carbocycles. The van der Waals surface area contributed by atoms with Crippen LogP contribution in [-0.2, 0) is 10.0 Å². The van der Waals surface area contributed by atoms with E-state index >= 15 is 0 Å². The van der Waals surface area contributed by atoms with Gasteiger partial charge in [-0.05, 0) is 38.6 Å². The molecule has 0 fully saturated rings. The largest absolute Gasteiger partial charge is 0.316 e. The molecule has 0 aromatic carbocycles. The van der Waals surface area contributed by atoms with E-state index in [1.165, 1.54) is 0 Å². The Morgan fingerprint density at radius 2 is 1.71 bits per heavy atom. The van der Waals surface area contributed by atoms with Gasteiger partial charge in [0.15, 0.2) is 0 Å². The van der Waals surface area contributed by atoms with E-state index in [0.29, 0.717) is 12.5 Å². The smallest absolute Gasteiger partial charge is 0.213 e. The maximum absolute atomic E-state index is 11.7. The lowest BCUT2D eigenvalue weighted by Gasteiger charge is -2.15. The number of hydrogen-bond acceptors (Lipinski definition) is 3. The normalized spacial score (nSPS) is 14.2. The molecular formula is C12H28N2O2S. The lowest BCUT2D eigenvalue weighted by Crippen LogP contribution is -2.37. The maximum Gasteiger partial charge on any atom is 0.213 e. The molecule has 0 bridgehead atoms. The number of sulfonamides is 1. The van der Waals surface area contributed by atoms with E-state index in [1.54, 1.807) is 0 Å². The molecule has 0 aliphatic heterocycles. The molecule has 0 rings (SSSR count). The predicted octanol–water partition coefficient (Wildman–Crippen LogP) is 1.73. The third-order valence-corrected chi connectivity index (χ3v) is 4.04. The van der Waals surface area contributed by atoms with Gasteiger partial charge in [0.1, 0.15) is 0 Å². The van der Waals surface area contributed by atoms with Gasteiger partial charge in [-0.15, -0.1) is 0 Å². The van der Waals surface area contributed by atoms with Gasteiger partial charge in [0.2, 0.25) is 10.0 Å². The fourth-order valence-electron chi connectivity index (χ4n) is 1.52. The SMILES string of the molecule is CCCNCCS(=O)(=O)NC(C)CCC(C)C. The summed E-state index contributed by atoms with van der Waals surface area (Å²) >= 11 is 0. The van der Waals surface area contributed by atoms with Crippen LogP contribution in [0.2, 0.25) is 0 Å². The summed E-state index contributed by atoms with van der Waals surface area (Å²) in [6.45, 7) is 9.69. The van der Waals surface area contributed by atoms with Crippen LogP contribution in [0.1, 0.15) is 47.0 Å². The molecule has 0 heterocycles. The highest BCUT2D eigenvalue weighted by Gasteiger charge is 2.13. The summed E-state index contributed by atoms with van der Waals surface area (Å²) in [5.74, 6) is 0.784. The molecular weight excluding hydrogens is 236 g/mol. The third kappa shape index (κ3) is 10.7. The van der Waals surface area contributed by atoms with Crippen LogP contribution in [0, 0.1) is 5.92 Å². The minimum absolute atomic E-state index is 0.0357. The highest BCUT2D eigenvalue weighted by atomic mass is 32.2. The van der Waals surface area contributed by atoms with Gasteiger partial charge in [0.05, 0.1) is 5.75 Å². The second kappa shape index (κ2) is 8.89. The van der Waals surface area contributed by atoms with Gasteiger partial charge < -0.3 is 5.32 Å². The topological polar surface area (TPSA) is 58.2 Å². The average Bonchev–Trinajstić information content (AvgIpc) is 2.21. The first-order valence-corrected chi connectivity index (χ1v) is 8.23. The summed E-state index contributed by atoms with van der Waals surface area (Å²) in [5, 5.41) is 3.10. The summed E-state index contributed by atoms with van der Waals surface area (Å²) < 4.78 is 26.1. The quantitative estimate of drug-likeness (QED) is 0.591. The molecule has 0 radical (unpaired) electrons. The number of nitrogens with one attached hydrogen (secondary N) is 2. The van der Waals surface area contributed by atoms with E-state index in [2.05, 4.69) is 30.8 Å². The van der Waals surface area contributed by atoms with Crippen LogP contribution >= 0.6 is 0 Å². The molecule has 104 valence electrons. The van der Waals surface area contributed by atoms with Crippen molar-refractivity contribution in [1.29, 1.82) is 0 Å². The van der Waals surface area contributed by atoms with Crippen LogP contribution in [0.4, 0.5) is 0 Å². The molecule has 2 N–H and O–H groups in total. The third-order valence-electron chi connectivity index (χ3n) is 2.53. The van der Waals surface area contributed by atoms with Gasteiger partial charge in [-0.25, -0.2) is 13.1 Å². The van der Waals surface area contributed by atoms with Crippen LogP contribution in [-0.4, -0.2) is 33.3 Å². The van der Waals surface area contributed by atoms with Gasteiger partial charge in [-0.1, -0.05) is 20.8 Å². The summed E-state index contributed by atoms with van der Waals surface area (Å²) in [7, 11) is -3.12. The monoisotopic (exact) mass is 264 g/mol. The zero-order valence-corrected chi connectivity index (χ0v) is 12.4. The first kappa shape index (κ1) is 16.9. The van der Waals surface area contributed by atoms with Crippen molar-refractivity contribution in [3.8, 4) is 0 Å². The Morgan fingerprint density at radius 3 is 2.24 bits per heavy atom. The molecule has 1 atom stereocenters. The Kier molecular flexibility index (Phi) is 8.82. The van der Waals surface area contributed by atoms with Gasteiger partial charge in [0, 0.05) is 12.6 Å². The highest BCUT2D eigenvalue weighted by Crippen LogP contribution is 2.07. The van der Waals surface area contributed by atoms with Crippen molar-refractivity contribution >= 4 is 10.0 Å². The Hall–Kier alpha value is -0.130. The Bertz CT molecular complexity index is 276. The molecule has 1 unspecified atom stereocenters. The molecule has 0 aromatic rings. The van der Waals surface area contributed by atoms with Crippen molar-refractivity contribution in [1.82, 2.24) is 10.0 Å².